The SMILES string of the molecule is CN1CCN2Cc3cncn3CC3=CCC(C#N)C(=C3)Oc3ccccc3CC2C1=O. The average molecular weight is 415 g/mol. The fourth-order valence-electron chi connectivity index (χ4n) is 4.55. The summed E-state index contributed by atoms with van der Waals surface area (Å²) in [7, 11) is 1.87. The van der Waals surface area contributed by atoms with Crippen LogP contribution < -0.4 is 4.74 Å². The molecule has 1 aromatic carbocycles. The van der Waals surface area contributed by atoms with Gasteiger partial charge in [-0.25, -0.2) is 4.98 Å². The molecule has 1 saturated heterocycles. The Morgan fingerprint density at radius 3 is 2.97 bits per heavy atom. The normalized spacial score (nSPS) is 24.0. The van der Waals surface area contributed by atoms with Crippen LogP contribution >= 0.6 is 0 Å². The number of fused-ring (bicyclic) bond motifs is 4. The molecule has 3 aliphatic rings. The van der Waals surface area contributed by atoms with Crippen molar-refractivity contribution in [1.29, 1.82) is 5.26 Å². The van der Waals surface area contributed by atoms with Crippen LogP contribution in [0.5, 0.6) is 5.75 Å². The number of aromatic nitrogens is 2. The number of rotatable bonds is 0. The molecule has 0 saturated carbocycles. The predicted molar refractivity (Wildman–Crippen MR) is 115 cm³/mol. The van der Waals surface area contributed by atoms with Gasteiger partial charge in [-0.3, -0.25) is 9.69 Å². The van der Waals surface area contributed by atoms with Crippen LogP contribution in [0, 0.1) is 17.2 Å². The lowest BCUT2D eigenvalue weighted by Gasteiger charge is -2.39. The first-order valence-corrected chi connectivity index (χ1v) is 10.7. The van der Waals surface area contributed by atoms with E-state index in [1.807, 2.05) is 54.8 Å². The van der Waals surface area contributed by atoms with Crippen molar-refractivity contribution in [3.63, 3.8) is 0 Å². The van der Waals surface area contributed by atoms with Gasteiger partial charge in [-0.15, -0.1) is 0 Å². The highest BCUT2D eigenvalue weighted by Gasteiger charge is 2.34. The van der Waals surface area contributed by atoms with E-state index in [1.54, 1.807) is 0 Å². The number of piperazine rings is 1. The molecule has 2 atom stereocenters. The molecule has 7 nitrogen and oxygen atoms in total. The molecule has 31 heavy (non-hydrogen) atoms. The summed E-state index contributed by atoms with van der Waals surface area (Å²) in [6, 6.07) is 9.94. The Morgan fingerprint density at radius 1 is 1.23 bits per heavy atom. The maximum atomic E-state index is 13.1. The predicted octanol–water partition coefficient (Wildman–Crippen LogP) is 2.51. The van der Waals surface area contributed by atoms with E-state index >= 15 is 0 Å². The monoisotopic (exact) mass is 415 g/mol. The quantitative estimate of drug-likeness (QED) is 0.661. The van der Waals surface area contributed by atoms with E-state index in [4.69, 9.17) is 4.74 Å². The van der Waals surface area contributed by atoms with Gasteiger partial charge in [-0.05, 0) is 29.7 Å². The molecule has 0 N–H and O–H groups in total. The Hall–Kier alpha value is -3.37. The summed E-state index contributed by atoms with van der Waals surface area (Å²) in [5, 5.41) is 9.66. The van der Waals surface area contributed by atoms with Crippen LogP contribution in [-0.4, -0.2) is 51.4 Å². The Bertz CT molecular complexity index is 1110. The lowest BCUT2D eigenvalue weighted by molar-refractivity contribution is -0.140. The second kappa shape index (κ2) is 8.05. The smallest absolute Gasteiger partial charge is 0.240 e. The number of amides is 1. The van der Waals surface area contributed by atoms with Crippen molar-refractivity contribution in [2.45, 2.75) is 32.0 Å². The number of nitrogens with zero attached hydrogens (tertiary/aromatic N) is 5. The van der Waals surface area contributed by atoms with E-state index in [-0.39, 0.29) is 17.9 Å². The fraction of sp³-hybridized carbons (Fsp3) is 0.375. The third-order valence-electron chi connectivity index (χ3n) is 6.40. The first-order valence-electron chi connectivity index (χ1n) is 10.7. The molecule has 3 heterocycles. The highest BCUT2D eigenvalue weighted by atomic mass is 16.5. The van der Waals surface area contributed by atoms with E-state index < -0.39 is 0 Å². The van der Waals surface area contributed by atoms with Gasteiger partial charge in [0, 0.05) is 45.8 Å². The summed E-state index contributed by atoms with van der Waals surface area (Å²) in [4.78, 5) is 21.6. The third-order valence-corrected chi connectivity index (χ3v) is 6.40. The zero-order chi connectivity index (χ0) is 21.4. The number of allylic oxidation sites excluding steroid dienone is 4. The first kappa shape index (κ1) is 19.6. The van der Waals surface area contributed by atoms with Crippen LogP contribution in [0.3, 0.4) is 0 Å². The van der Waals surface area contributed by atoms with Gasteiger partial charge in [0.1, 0.15) is 17.4 Å². The van der Waals surface area contributed by atoms with Gasteiger partial charge >= 0.3 is 0 Å². The van der Waals surface area contributed by atoms with Crippen LogP contribution in [0.1, 0.15) is 17.7 Å². The van der Waals surface area contributed by atoms with Crippen LogP contribution in [0.2, 0.25) is 0 Å². The van der Waals surface area contributed by atoms with Gasteiger partial charge < -0.3 is 14.2 Å². The maximum absolute atomic E-state index is 13.1. The van der Waals surface area contributed by atoms with E-state index in [1.165, 1.54) is 0 Å². The number of carbonyl (C=O) groups is 1. The van der Waals surface area contributed by atoms with Gasteiger partial charge in [0.25, 0.3) is 0 Å². The van der Waals surface area contributed by atoms with E-state index in [2.05, 4.69) is 26.6 Å². The molecule has 5 rings (SSSR count). The minimum atomic E-state index is -0.317. The van der Waals surface area contributed by atoms with Crippen LogP contribution in [0.25, 0.3) is 0 Å². The highest BCUT2D eigenvalue weighted by molar-refractivity contribution is 5.83. The summed E-state index contributed by atoms with van der Waals surface area (Å²) in [5.41, 5.74) is 3.15. The summed E-state index contributed by atoms with van der Waals surface area (Å²) in [6.07, 6.45) is 9.00. The molecule has 2 unspecified atom stereocenters. The van der Waals surface area contributed by atoms with Crippen LogP contribution in [0.4, 0.5) is 0 Å². The fourth-order valence-corrected chi connectivity index (χ4v) is 4.55. The third kappa shape index (κ3) is 3.75. The molecule has 0 spiro atoms. The van der Waals surface area contributed by atoms with E-state index in [0.717, 1.165) is 29.1 Å². The minimum Gasteiger partial charge on any atom is -0.460 e. The van der Waals surface area contributed by atoms with Crippen molar-refractivity contribution < 1.29 is 9.53 Å². The summed E-state index contributed by atoms with van der Waals surface area (Å²) in [5.74, 6) is 1.19. The molecular formula is C24H25N5O2. The number of hydrogen-bond donors (Lipinski definition) is 0. The molecule has 1 fully saturated rings. The lowest BCUT2D eigenvalue weighted by Crippen LogP contribution is -2.56. The van der Waals surface area contributed by atoms with Crippen molar-refractivity contribution in [3.05, 3.63) is 71.5 Å². The zero-order valence-corrected chi connectivity index (χ0v) is 17.6. The van der Waals surface area contributed by atoms with E-state index in [9.17, 15) is 10.1 Å². The number of nitriles is 1. The Kier molecular flexibility index (Phi) is 5.08. The topological polar surface area (TPSA) is 74.4 Å². The van der Waals surface area contributed by atoms with E-state index in [0.29, 0.717) is 38.2 Å². The van der Waals surface area contributed by atoms with Crippen LogP contribution in [-0.2, 0) is 24.3 Å². The van der Waals surface area contributed by atoms with Gasteiger partial charge in [-0.2, -0.15) is 5.26 Å². The standard InChI is InChI=1S/C24H25N5O2/c1-27-8-9-28-15-20-13-26-16-29(20)14-17-6-7-19(12-25)23(10-17)31-22-5-3-2-4-18(22)11-21(28)24(27)30/h2-6,10,13,16,19,21H,7-9,11,14-15H2,1H3. The number of hydrogen-bond acceptors (Lipinski definition) is 5. The Balaban J connectivity index is 1.60. The Labute approximate surface area is 181 Å². The van der Waals surface area contributed by atoms with Crippen molar-refractivity contribution in [1.82, 2.24) is 19.4 Å². The molecule has 158 valence electrons. The van der Waals surface area contributed by atoms with Crippen molar-refractivity contribution in [2.24, 2.45) is 5.92 Å². The largest absolute Gasteiger partial charge is 0.460 e. The summed E-state index contributed by atoms with van der Waals surface area (Å²) >= 11 is 0. The molecular weight excluding hydrogens is 390 g/mol. The van der Waals surface area contributed by atoms with Gasteiger partial charge in [-0.1, -0.05) is 24.3 Å². The number of ether oxygens (including phenoxy) is 1. The number of carbonyl (C=O) groups excluding carboxylic acids is 1. The number of imidazole rings is 1. The highest BCUT2D eigenvalue weighted by Crippen LogP contribution is 2.31. The zero-order valence-electron chi connectivity index (χ0n) is 17.6. The van der Waals surface area contributed by atoms with Crippen LogP contribution in [0.15, 0.2) is 60.3 Å². The molecule has 1 amide bonds. The average Bonchev–Trinajstić information content (AvgIpc) is 3.21. The number of likely N-dealkylation sites (N-methyl/N-ethyl adjacent to an activating group) is 1. The second-order valence-electron chi connectivity index (χ2n) is 8.42. The molecule has 1 aromatic heterocycles. The van der Waals surface area contributed by atoms with Gasteiger partial charge in [0.2, 0.25) is 5.91 Å². The van der Waals surface area contributed by atoms with Gasteiger partial charge in [0.15, 0.2) is 0 Å². The molecule has 0 radical (unpaired) electrons. The maximum Gasteiger partial charge on any atom is 0.240 e. The van der Waals surface area contributed by atoms with Crippen molar-refractivity contribution >= 4 is 5.91 Å². The molecule has 2 aliphatic heterocycles. The second-order valence-corrected chi connectivity index (χ2v) is 8.42. The lowest BCUT2D eigenvalue weighted by atomic mass is 9.95. The summed E-state index contributed by atoms with van der Waals surface area (Å²) < 4.78 is 8.45. The molecule has 2 bridgehead atoms. The number of benzene rings is 1. The first-order chi connectivity index (χ1) is 15.1. The summed E-state index contributed by atoms with van der Waals surface area (Å²) in [6.45, 7) is 2.85. The van der Waals surface area contributed by atoms with Gasteiger partial charge in [0.05, 0.1) is 24.1 Å². The van der Waals surface area contributed by atoms with Crippen molar-refractivity contribution in [3.8, 4) is 11.8 Å². The Morgan fingerprint density at radius 2 is 2.10 bits per heavy atom. The number of para-hydroxylation sites is 1. The molecule has 1 aliphatic carbocycles. The molecule has 2 aromatic rings. The minimum absolute atomic E-state index is 0.123. The molecule has 7 heteroatoms. The van der Waals surface area contributed by atoms with Crippen molar-refractivity contribution in [2.75, 3.05) is 20.1 Å².